The lowest BCUT2D eigenvalue weighted by Gasteiger charge is -2.17. The van der Waals surface area contributed by atoms with Crippen LogP contribution in [0.2, 0.25) is 0 Å². The Morgan fingerprint density at radius 2 is 2.12 bits per heavy atom. The molecule has 0 saturated heterocycles. The Kier molecular flexibility index (Phi) is 2.68. The third-order valence-electron chi connectivity index (χ3n) is 2.27. The Morgan fingerprint density at radius 1 is 1.38 bits per heavy atom. The normalized spacial score (nSPS) is 11.7. The van der Waals surface area contributed by atoms with Gasteiger partial charge in [0.2, 0.25) is 0 Å². The van der Waals surface area contributed by atoms with E-state index in [1.54, 1.807) is 11.3 Å². The lowest BCUT2D eigenvalue weighted by Crippen LogP contribution is -2.21. The largest absolute Gasteiger partial charge is 0.310 e. The number of nitrogens with one attached hydrogen (secondary N) is 1. The molecule has 0 bridgehead atoms. The molecule has 0 saturated carbocycles. The van der Waals surface area contributed by atoms with Crippen molar-refractivity contribution in [2.24, 2.45) is 0 Å². The van der Waals surface area contributed by atoms with Crippen molar-refractivity contribution in [1.82, 2.24) is 9.97 Å². The van der Waals surface area contributed by atoms with Gasteiger partial charge in [0, 0.05) is 22.4 Å². The van der Waals surface area contributed by atoms with E-state index >= 15 is 0 Å². The molecule has 84 valence electrons. The van der Waals surface area contributed by atoms with E-state index in [0.29, 0.717) is 0 Å². The molecule has 0 unspecified atom stereocenters. The minimum Gasteiger partial charge on any atom is -0.310 e. The predicted octanol–water partition coefficient (Wildman–Crippen LogP) is 2.80. The molecule has 2 aromatic heterocycles. The second-order valence-corrected chi connectivity index (χ2v) is 5.52. The highest BCUT2D eigenvalue weighted by atomic mass is 32.1. The fourth-order valence-electron chi connectivity index (χ4n) is 1.37. The van der Waals surface area contributed by atoms with E-state index < -0.39 is 0 Å². The monoisotopic (exact) mass is 234 g/mol. The molecule has 2 rings (SSSR count). The summed E-state index contributed by atoms with van der Waals surface area (Å²) in [6.07, 6.45) is 0. The molecule has 0 fully saturated rings. The van der Waals surface area contributed by atoms with Crippen LogP contribution >= 0.6 is 11.3 Å². The van der Waals surface area contributed by atoms with Crippen molar-refractivity contribution >= 4 is 11.3 Å². The quantitative estimate of drug-likeness (QED) is 0.824. The molecule has 0 aliphatic carbocycles. The number of rotatable bonds is 1. The first kappa shape index (κ1) is 11.1. The molecule has 3 nitrogen and oxygen atoms in total. The molecule has 16 heavy (non-hydrogen) atoms. The van der Waals surface area contributed by atoms with Gasteiger partial charge >= 0.3 is 0 Å². The van der Waals surface area contributed by atoms with Crippen LogP contribution in [0.3, 0.4) is 0 Å². The van der Waals surface area contributed by atoms with Gasteiger partial charge in [0.05, 0.1) is 5.69 Å². The summed E-state index contributed by atoms with van der Waals surface area (Å²) < 4.78 is 0. The first-order valence-electron chi connectivity index (χ1n) is 5.11. The minimum atomic E-state index is -0.148. The lowest BCUT2D eigenvalue weighted by molar-refractivity contribution is 0.543. The van der Waals surface area contributed by atoms with E-state index in [9.17, 15) is 4.79 Å². The van der Waals surface area contributed by atoms with Crippen LogP contribution in [0.5, 0.6) is 0 Å². The average Bonchev–Trinajstić information content (AvgIpc) is 2.68. The van der Waals surface area contributed by atoms with Gasteiger partial charge in [-0.3, -0.25) is 4.79 Å². The Labute approximate surface area is 98.2 Å². The summed E-state index contributed by atoms with van der Waals surface area (Å²) in [5, 5.41) is 3.98. The van der Waals surface area contributed by atoms with Gasteiger partial charge in [0.1, 0.15) is 5.82 Å². The van der Waals surface area contributed by atoms with Gasteiger partial charge in [-0.25, -0.2) is 4.98 Å². The van der Waals surface area contributed by atoms with Crippen LogP contribution in [0.4, 0.5) is 0 Å². The molecular formula is C12H14N2OS. The van der Waals surface area contributed by atoms with Crippen molar-refractivity contribution in [2.45, 2.75) is 26.2 Å². The number of aromatic amines is 1. The van der Waals surface area contributed by atoms with E-state index in [2.05, 4.69) is 9.97 Å². The summed E-state index contributed by atoms with van der Waals surface area (Å²) in [4.78, 5) is 18.8. The van der Waals surface area contributed by atoms with E-state index in [1.165, 1.54) is 6.07 Å². The van der Waals surface area contributed by atoms with Gasteiger partial charge in [-0.1, -0.05) is 20.8 Å². The van der Waals surface area contributed by atoms with Crippen LogP contribution in [0, 0.1) is 0 Å². The van der Waals surface area contributed by atoms with E-state index in [0.717, 1.165) is 17.1 Å². The van der Waals surface area contributed by atoms with Crippen LogP contribution in [-0.2, 0) is 5.41 Å². The zero-order valence-electron chi connectivity index (χ0n) is 9.57. The third kappa shape index (κ3) is 2.22. The predicted molar refractivity (Wildman–Crippen MR) is 66.9 cm³/mol. The van der Waals surface area contributed by atoms with E-state index in [1.807, 2.05) is 37.6 Å². The van der Waals surface area contributed by atoms with Crippen molar-refractivity contribution < 1.29 is 0 Å². The van der Waals surface area contributed by atoms with Crippen LogP contribution in [-0.4, -0.2) is 9.97 Å². The van der Waals surface area contributed by atoms with Gasteiger partial charge < -0.3 is 4.98 Å². The number of H-pyrrole nitrogens is 1. The van der Waals surface area contributed by atoms with Crippen LogP contribution in [0.1, 0.15) is 26.6 Å². The van der Waals surface area contributed by atoms with Crippen molar-refractivity contribution in [3.8, 4) is 11.3 Å². The Morgan fingerprint density at radius 3 is 2.69 bits per heavy atom. The fraction of sp³-hybridized carbons (Fsp3) is 0.333. The van der Waals surface area contributed by atoms with E-state index in [-0.39, 0.29) is 11.0 Å². The number of thiophene rings is 1. The molecule has 2 heterocycles. The molecule has 0 radical (unpaired) electrons. The molecule has 0 aliphatic heterocycles. The molecule has 0 amide bonds. The molecule has 0 aromatic carbocycles. The van der Waals surface area contributed by atoms with Crippen molar-refractivity contribution in [2.75, 3.05) is 0 Å². The highest BCUT2D eigenvalue weighted by molar-refractivity contribution is 7.08. The zero-order chi connectivity index (χ0) is 11.8. The molecule has 0 atom stereocenters. The van der Waals surface area contributed by atoms with Gasteiger partial charge in [-0.05, 0) is 11.4 Å². The lowest BCUT2D eigenvalue weighted by atomic mass is 9.95. The molecule has 0 spiro atoms. The van der Waals surface area contributed by atoms with Gasteiger partial charge in [0.25, 0.3) is 5.56 Å². The fourth-order valence-corrected chi connectivity index (χ4v) is 2.02. The summed E-state index contributed by atoms with van der Waals surface area (Å²) >= 11 is 1.60. The molecule has 2 aromatic rings. The number of nitrogens with zero attached hydrogens (tertiary/aromatic N) is 1. The topological polar surface area (TPSA) is 45.8 Å². The standard InChI is InChI=1S/C12H14N2OS/c1-12(2,3)11-13-9(6-10(15)14-11)8-4-5-16-7-8/h4-7H,1-3H3,(H,13,14,15). The maximum absolute atomic E-state index is 11.6. The van der Waals surface area contributed by atoms with E-state index in [4.69, 9.17) is 0 Å². The summed E-state index contributed by atoms with van der Waals surface area (Å²) in [5.41, 5.74) is 1.50. The molecule has 1 N–H and O–H groups in total. The van der Waals surface area contributed by atoms with Gasteiger partial charge in [0.15, 0.2) is 0 Å². The Hall–Kier alpha value is -1.42. The van der Waals surface area contributed by atoms with Crippen LogP contribution in [0.15, 0.2) is 27.7 Å². The number of hydrogen-bond acceptors (Lipinski definition) is 3. The van der Waals surface area contributed by atoms with Crippen molar-refractivity contribution in [3.63, 3.8) is 0 Å². The number of aromatic nitrogens is 2. The smallest absolute Gasteiger partial charge is 0.251 e. The zero-order valence-corrected chi connectivity index (χ0v) is 10.4. The SMILES string of the molecule is CC(C)(C)c1nc(-c2ccsc2)cc(=O)[nH]1. The summed E-state index contributed by atoms with van der Waals surface area (Å²) in [5.74, 6) is 0.723. The van der Waals surface area contributed by atoms with Crippen molar-refractivity contribution in [3.05, 3.63) is 39.1 Å². The molecule has 0 aliphatic rings. The maximum atomic E-state index is 11.6. The van der Waals surface area contributed by atoms with Crippen LogP contribution in [0.25, 0.3) is 11.3 Å². The first-order chi connectivity index (χ1) is 7.47. The molecular weight excluding hydrogens is 220 g/mol. The third-order valence-corrected chi connectivity index (χ3v) is 2.95. The summed E-state index contributed by atoms with van der Waals surface area (Å²) in [7, 11) is 0. The highest BCUT2D eigenvalue weighted by Gasteiger charge is 2.17. The minimum absolute atomic E-state index is 0.0962. The first-order valence-corrected chi connectivity index (χ1v) is 6.05. The van der Waals surface area contributed by atoms with Gasteiger partial charge in [-0.2, -0.15) is 11.3 Å². The summed E-state index contributed by atoms with van der Waals surface area (Å²) in [6, 6.07) is 3.51. The van der Waals surface area contributed by atoms with Gasteiger partial charge in [-0.15, -0.1) is 0 Å². The average molecular weight is 234 g/mol. The number of hydrogen-bond donors (Lipinski definition) is 1. The second-order valence-electron chi connectivity index (χ2n) is 4.74. The van der Waals surface area contributed by atoms with Crippen molar-refractivity contribution in [1.29, 1.82) is 0 Å². The Bertz CT molecular complexity index is 535. The molecule has 4 heteroatoms. The van der Waals surface area contributed by atoms with Crippen LogP contribution < -0.4 is 5.56 Å². The Balaban J connectivity index is 2.57. The maximum Gasteiger partial charge on any atom is 0.251 e. The summed E-state index contributed by atoms with van der Waals surface area (Å²) in [6.45, 7) is 6.09. The highest BCUT2D eigenvalue weighted by Crippen LogP contribution is 2.22. The second kappa shape index (κ2) is 3.87.